The molecule has 0 fully saturated rings. The molecule has 0 saturated heterocycles. The molecule has 1 aromatic heterocycles. The molecule has 3 rings (SSSR count). The zero-order valence-electron chi connectivity index (χ0n) is 17.6. The van der Waals surface area contributed by atoms with E-state index < -0.39 is 29.1 Å². The van der Waals surface area contributed by atoms with Gasteiger partial charge in [-0.2, -0.15) is 0 Å². The van der Waals surface area contributed by atoms with Crippen LogP contribution in [0.1, 0.15) is 45.1 Å². The van der Waals surface area contributed by atoms with E-state index in [2.05, 4.69) is 10.1 Å². The van der Waals surface area contributed by atoms with Crippen molar-refractivity contribution in [3.05, 3.63) is 56.5 Å². The van der Waals surface area contributed by atoms with Gasteiger partial charge in [0.15, 0.2) is 5.69 Å². The van der Waals surface area contributed by atoms with Gasteiger partial charge in [0.25, 0.3) is 11.5 Å². The molecule has 1 aliphatic heterocycles. The summed E-state index contributed by atoms with van der Waals surface area (Å²) in [7, 11) is 0. The molecule has 31 heavy (non-hydrogen) atoms. The van der Waals surface area contributed by atoms with Gasteiger partial charge in [0.2, 0.25) is 6.10 Å². The van der Waals surface area contributed by atoms with Crippen molar-refractivity contribution >= 4 is 23.1 Å². The van der Waals surface area contributed by atoms with Crippen molar-refractivity contribution < 1.29 is 14.0 Å². The number of aromatic amines is 1. The van der Waals surface area contributed by atoms with Crippen LogP contribution in [0, 0.1) is 5.82 Å². The van der Waals surface area contributed by atoms with Crippen LogP contribution in [-0.4, -0.2) is 33.8 Å². The Morgan fingerprint density at radius 3 is 2.81 bits per heavy atom. The third-order valence-corrected chi connectivity index (χ3v) is 5.03. The lowest BCUT2D eigenvalue weighted by molar-refractivity contribution is -0.128. The zero-order chi connectivity index (χ0) is 22.5. The Bertz CT molecular complexity index is 1110. The van der Waals surface area contributed by atoms with E-state index in [1.54, 1.807) is 12.1 Å². The zero-order valence-corrected chi connectivity index (χ0v) is 17.6. The predicted molar refractivity (Wildman–Crippen MR) is 116 cm³/mol. The van der Waals surface area contributed by atoms with Gasteiger partial charge in [0.05, 0.1) is 5.71 Å². The van der Waals surface area contributed by atoms with Crippen LogP contribution in [0.15, 0.2) is 39.0 Å². The summed E-state index contributed by atoms with van der Waals surface area (Å²) in [6.45, 7) is 4.35. The molecule has 0 spiro atoms. The minimum absolute atomic E-state index is 0.0654. The minimum atomic E-state index is -0.986. The summed E-state index contributed by atoms with van der Waals surface area (Å²) in [6.07, 6.45) is 1.14. The SMILES string of the molecule is CCCCN(C(=O)C1CC(c2cccc(F)c2)=NO1)c1c(N)n(CCC)c(=O)[nH]c1=O. The summed E-state index contributed by atoms with van der Waals surface area (Å²) < 4.78 is 14.8. The van der Waals surface area contributed by atoms with E-state index in [-0.39, 0.29) is 24.5 Å². The number of amides is 1. The topological polar surface area (TPSA) is 123 Å². The molecule has 1 amide bonds. The maximum atomic E-state index is 13.5. The maximum Gasteiger partial charge on any atom is 0.330 e. The van der Waals surface area contributed by atoms with Crippen molar-refractivity contribution in [3.8, 4) is 0 Å². The van der Waals surface area contributed by atoms with Crippen molar-refractivity contribution in [3.63, 3.8) is 0 Å². The monoisotopic (exact) mass is 431 g/mol. The Kier molecular flexibility index (Phi) is 6.88. The molecule has 2 aromatic rings. The van der Waals surface area contributed by atoms with Crippen molar-refractivity contribution in [1.29, 1.82) is 0 Å². The third-order valence-electron chi connectivity index (χ3n) is 5.03. The molecule has 0 bridgehead atoms. The number of carbonyl (C=O) groups is 1. The Hall–Kier alpha value is -3.43. The number of unbranched alkanes of at least 4 members (excludes halogenated alkanes) is 1. The largest absolute Gasteiger partial charge is 0.383 e. The Morgan fingerprint density at radius 1 is 1.35 bits per heavy atom. The van der Waals surface area contributed by atoms with Crippen LogP contribution in [-0.2, 0) is 16.2 Å². The van der Waals surface area contributed by atoms with Gasteiger partial charge in [-0.15, -0.1) is 0 Å². The number of halogens is 1. The van der Waals surface area contributed by atoms with Crippen LogP contribution >= 0.6 is 0 Å². The fraction of sp³-hybridized carbons (Fsp3) is 0.429. The fourth-order valence-corrected chi connectivity index (χ4v) is 3.45. The molecule has 1 aromatic carbocycles. The molecule has 166 valence electrons. The fourth-order valence-electron chi connectivity index (χ4n) is 3.45. The second-order valence-corrected chi connectivity index (χ2v) is 7.33. The van der Waals surface area contributed by atoms with Crippen molar-refractivity contribution in [1.82, 2.24) is 9.55 Å². The van der Waals surface area contributed by atoms with Crippen LogP contribution in [0.4, 0.5) is 15.9 Å². The van der Waals surface area contributed by atoms with E-state index in [9.17, 15) is 18.8 Å². The molecule has 1 aliphatic rings. The number of nitrogens with zero attached hydrogens (tertiary/aromatic N) is 3. The lowest BCUT2D eigenvalue weighted by Gasteiger charge is -2.26. The van der Waals surface area contributed by atoms with Gasteiger partial charge in [-0.05, 0) is 25.0 Å². The molecule has 10 heteroatoms. The van der Waals surface area contributed by atoms with Gasteiger partial charge in [-0.25, -0.2) is 9.18 Å². The van der Waals surface area contributed by atoms with Gasteiger partial charge < -0.3 is 15.5 Å². The minimum Gasteiger partial charge on any atom is -0.383 e. The third kappa shape index (κ3) is 4.68. The summed E-state index contributed by atoms with van der Waals surface area (Å²) in [5.41, 5.74) is 5.68. The van der Waals surface area contributed by atoms with Crippen molar-refractivity contribution in [2.75, 3.05) is 17.2 Å². The highest BCUT2D eigenvalue weighted by atomic mass is 19.1. The number of hydrogen-bond acceptors (Lipinski definition) is 6. The normalized spacial score (nSPS) is 15.5. The number of aromatic nitrogens is 2. The maximum absolute atomic E-state index is 13.5. The first-order valence-corrected chi connectivity index (χ1v) is 10.3. The number of anilines is 2. The Labute approximate surface area is 178 Å². The molecule has 1 atom stereocenters. The molecule has 0 aliphatic carbocycles. The smallest absolute Gasteiger partial charge is 0.330 e. The summed E-state index contributed by atoms with van der Waals surface area (Å²) in [5.74, 6) is -0.983. The van der Waals surface area contributed by atoms with Crippen LogP contribution in [0.5, 0.6) is 0 Å². The highest BCUT2D eigenvalue weighted by Gasteiger charge is 2.35. The number of hydrogen-bond donors (Lipinski definition) is 2. The number of nitrogens with one attached hydrogen (secondary N) is 1. The average molecular weight is 431 g/mol. The van der Waals surface area contributed by atoms with E-state index in [1.165, 1.54) is 21.6 Å². The molecular weight excluding hydrogens is 405 g/mol. The Balaban J connectivity index is 1.92. The van der Waals surface area contributed by atoms with E-state index in [1.807, 2.05) is 13.8 Å². The molecule has 0 saturated carbocycles. The summed E-state index contributed by atoms with van der Waals surface area (Å²) >= 11 is 0. The van der Waals surface area contributed by atoms with Crippen LogP contribution in [0.2, 0.25) is 0 Å². The van der Waals surface area contributed by atoms with Crippen LogP contribution < -0.4 is 21.9 Å². The lowest BCUT2D eigenvalue weighted by atomic mass is 10.0. The van der Waals surface area contributed by atoms with Crippen molar-refractivity contribution in [2.24, 2.45) is 5.16 Å². The molecule has 0 radical (unpaired) electrons. The second kappa shape index (κ2) is 9.59. The molecule has 2 heterocycles. The van der Waals surface area contributed by atoms with Crippen LogP contribution in [0.25, 0.3) is 0 Å². The predicted octanol–water partition coefficient (Wildman–Crippen LogP) is 1.99. The van der Waals surface area contributed by atoms with Gasteiger partial charge in [0.1, 0.15) is 11.6 Å². The molecule has 3 N–H and O–H groups in total. The number of nitrogen functional groups attached to an aromatic ring is 1. The number of H-pyrrole nitrogens is 1. The van der Waals surface area contributed by atoms with E-state index >= 15 is 0 Å². The number of nitrogens with two attached hydrogens (primary N) is 1. The molecule has 1 unspecified atom stereocenters. The van der Waals surface area contributed by atoms with E-state index in [0.717, 1.165) is 6.42 Å². The number of carbonyl (C=O) groups excluding carboxylic acids is 1. The molecule has 9 nitrogen and oxygen atoms in total. The standard InChI is InChI=1S/C21H26FN5O4/c1-3-5-10-26(17-18(23)27(9-4-2)21(30)24-19(17)28)20(29)16-12-15(25-31-16)13-7-6-8-14(22)11-13/h6-8,11,16H,3-5,9-10,12,23H2,1-2H3,(H,24,28,30). The lowest BCUT2D eigenvalue weighted by Crippen LogP contribution is -2.45. The van der Waals surface area contributed by atoms with E-state index in [4.69, 9.17) is 10.6 Å². The first-order valence-electron chi connectivity index (χ1n) is 10.3. The quantitative estimate of drug-likeness (QED) is 0.662. The van der Waals surface area contributed by atoms with Gasteiger partial charge in [-0.1, -0.05) is 37.6 Å². The number of benzene rings is 1. The second-order valence-electron chi connectivity index (χ2n) is 7.33. The Morgan fingerprint density at radius 2 is 2.13 bits per heavy atom. The number of rotatable bonds is 8. The first kappa shape index (κ1) is 22.3. The first-order chi connectivity index (χ1) is 14.9. The summed E-state index contributed by atoms with van der Waals surface area (Å²) in [4.78, 5) is 46.9. The highest BCUT2D eigenvalue weighted by molar-refractivity contribution is 6.07. The van der Waals surface area contributed by atoms with Gasteiger partial charge >= 0.3 is 5.69 Å². The van der Waals surface area contributed by atoms with Gasteiger partial charge in [0, 0.05) is 25.1 Å². The molecular formula is C21H26FN5O4. The summed E-state index contributed by atoms with van der Waals surface area (Å²) in [6, 6.07) is 5.85. The summed E-state index contributed by atoms with van der Waals surface area (Å²) in [5, 5.41) is 3.94. The van der Waals surface area contributed by atoms with Crippen molar-refractivity contribution in [2.45, 2.75) is 52.2 Å². The van der Waals surface area contributed by atoms with Crippen LogP contribution in [0.3, 0.4) is 0 Å². The number of oxime groups is 1. The average Bonchev–Trinajstić information content (AvgIpc) is 3.23. The van der Waals surface area contributed by atoms with E-state index in [0.29, 0.717) is 30.7 Å². The van der Waals surface area contributed by atoms with Gasteiger partial charge in [-0.3, -0.25) is 19.1 Å². The highest BCUT2D eigenvalue weighted by Crippen LogP contribution is 2.24.